The number of hydrogen-bond acceptors (Lipinski definition) is 3. The SMILES string of the molecule is CCCN1CCC(C(C)Nc2ccc3c(c2)CCO3)CC1. The van der Waals surface area contributed by atoms with Crippen molar-refractivity contribution in [1.29, 1.82) is 0 Å². The van der Waals surface area contributed by atoms with E-state index in [4.69, 9.17) is 4.74 Å². The van der Waals surface area contributed by atoms with Crippen molar-refractivity contribution in [1.82, 2.24) is 4.90 Å². The van der Waals surface area contributed by atoms with Crippen LogP contribution in [0.4, 0.5) is 5.69 Å². The Morgan fingerprint density at radius 2 is 2.14 bits per heavy atom. The van der Waals surface area contributed by atoms with E-state index in [1.54, 1.807) is 0 Å². The van der Waals surface area contributed by atoms with Gasteiger partial charge in [0.15, 0.2) is 0 Å². The fourth-order valence-corrected chi connectivity index (χ4v) is 3.65. The summed E-state index contributed by atoms with van der Waals surface area (Å²) in [5, 5.41) is 3.71. The van der Waals surface area contributed by atoms with Crippen LogP contribution in [-0.2, 0) is 6.42 Å². The summed E-state index contributed by atoms with van der Waals surface area (Å²) in [6.45, 7) is 9.24. The van der Waals surface area contributed by atoms with Gasteiger partial charge in [-0.15, -0.1) is 0 Å². The molecule has 1 aromatic carbocycles. The molecule has 21 heavy (non-hydrogen) atoms. The van der Waals surface area contributed by atoms with Crippen molar-refractivity contribution in [2.24, 2.45) is 5.92 Å². The van der Waals surface area contributed by atoms with Crippen LogP contribution in [0.2, 0.25) is 0 Å². The zero-order valence-electron chi connectivity index (χ0n) is 13.4. The summed E-state index contributed by atoms with van der Waals surface area (Å²) >= 11 is 0. The summed E-state index contributed by atoms with van der Waals surface area (Å²) in [6.07, 6.45) is 4.97. The maximum atomic E-state index is 5.58. The van der Waals surface area contributed by atoms with Gasteiger partial charge in [0.2, 0.25) is 0 Å². The monoisotopic (exact) mass is 288 g/mol. The third kappa shape index (κ3) is 3.52. The van der Waals surface area contributed by atoms with Gasteiger partial charge in [-0.1, -0.05) is 6.92 Å². The molecule has 1 unspecified atom stereocenters. The molecule has 3 nitrogen and oxygen atoms in total. The zero-order valence-corrected chi connectivity index (χ0v) is 13.4. The van der Waals surface area contributed by atoms with Crippen molar-refractivity contribution >= 4 is 5.69 Å². The van der Waals surface area contributed by atoms with Crippen LogP contribution in [0.3, 0.4) is 0 Å². The largest absolute Gasteiger partial charge is 0.493 e. The first-order chi connectivity index (χ1) is 10.3. The molecule has 1 atom stereocenters. The Labute approximate surface area is 128 Å². The summed E-state index contributed by atoms with van der Waals surface area (Å²) in [6, 6.07) is 7.09. The van der Waals surface area contributed by atoms with Crippen LogP contribution < -0.4 is 10.1 Å². The topological polar surface area (TPSA) is 24.5 Å². The van der Waals surface area contributed by atoms with Crippen LogP contribution in [-0.4, -0.2) is 37.2 Å². The Kier molecular flexibility index (Phi) is 4.69. The number of anilines is 1. The molecule has 116 valence electrons. The highest BCUT2D eigenvalue weighted by molar-refractivity contribution is 5.52. The number of nitrogens with zero attached hydrogens (tertiary/aromatic N) is 1. The number of fused-ring (bicyclic) bond motifs is 1. The zero-order chi connectivity index (χ0) is 14.7. The van der Waals surface area contributed by atoms with Gasteiger partial charge in [0, 0.05) is 18.2 Å². The van der Waals surface area contributed by atoms with Crippen LogP contribution in [0.25, 0.3) is 0 Å². The fourth-order valence-electron chi connectivity index (χ4n) is 3.65. The van der Waals surface area contributed by atoms with Crippen molar-refractivity contribution in [3.05, 3.63) is 23.8 Å². The summed E-state index contributed by atoms with van der Waals surface area (Å²) in [7, 11) is 0. The molecule has 1 fully saturated rings. The third-order valence-corrected chi connectivity index (χ3v) is 4.96. The third-order valence-electron chi connectivity index (χ3n) is 4.96. The smallest absolute Gasteiger partial charge is 0.122 e. The minimum atomic E-state index is 0.550. The lowest BCUT2D eigenvalue weighted by atomic mass is 9.90. The van der Waals surface area contributed by atoms with E-state index in [-0.39, 0.29) is 0 Å². The Bertz CT molecular complexity index is 466. The average molecular weight is 288 g/mol. The van der Waals surface area contributed by atoms with Gasteiger partial charge in [-0.25, -0.2) is 0 Å². The molecule has 3 rings (SSSR count). The maximum absolute atomic E-state index is 5.58. The number of nitrogens with one attached hydrogen (secondary N) is 1. The van der Waals surface area contributed by atoms with Gasteiger partial charge in [0.05, 0.1) is 6.61 Å². The second-order valence-corrected chi connectivity index (χ2v) is 6.53. The molecule has 0 amide bonds. The summed E-state index contributed by atoms with van der Waals surface area (Å²) < 4.78 is 5.58. The minimum absolute atomic E-state index is 0.550. The molecule has 1 N–H and O–H groups in total. The molecule has 1 saturated heterocycles. The van der Waals surface area contributed by atoms with E-state index in [0.717, 1.165) is 24.7 Å². The van der Waals surface area contributed by atoms with Gasteiger partial charge in [-0.3, -0.25) is 0 Å². The normalized spacial score (nSPS) is 20.9. The Morgan fingerprint density at radius 3 is 2.90 bits per heavy atom. The van der Waals surface area contributed by atoms with Crippen LogP contribution in [0.15, 0.2) is 18.2 Å². The van der Waals surface area contributed by atoms with Crippen molar-refractivity contribution in [3.63, 3.8) is 0 Å². The molecule has 0 aliphatic carbocycles. The van der Waals surface area contributed by atoms with Crippen LogP contribution in [0, 0.1) is 5.92 Å². The molecule has 2 aliphatic heterocycles. The number of hydrogen-bond donors (Lipinski definition) is 1. The molecule has 2 aliphatic rings. The molecule has 1 aromatic rings. The van der Waals surface area contributed by atoms with Crippen LogP contribution in [0.1, 0.15) is 38.7 Å². The van der Waals surface area contributed by atoms with E-state index in [1.807, 2.05) is 0 Å². The number of benzene rings is 1. The molecular weight excluding hydrogens is 260 g/mol. The first kappa shape index (κ1) is 14.7. The highest BCUT2D eigenvalue weighted by Gasteiger charge is 2.23. The molecule has 0 saturated carbocycles. The van der Waals surface area contributed by atoms with Crippen LogP contribution in [0.5, 0.6) is 5.75 Å². The van der Waals surface area contributed by atoms with E-state index in [9.17, 15) is 0 Å². The van der Waals surface area contributed by atoms with Gasteiger partial charge >= 0.3 is 0 Å². The van der Waals surface area contributed by atoms with Gasteiger partial charge in [0.25, 0.3) is 0 Å². The highest BCUT2D eigenvalue weighted by atomic mass is 16.5. The Hall–Kier alpha value is -1.22. The molecule has 0 aromatic heterocycles. The lowest BCUT2D eigenvalue weighted by Crippen LogP contribution is -2.39. The standard InChI is InChI=1S/C18H28N2O/c1-3-9-20-10-6-15(7-11-20)14(2)19-17-4-5-18-16(13-17)8-12-21-18/h4-5,13-15,19H,3,6-12H2,1-2H3. The molecule has 3 heteroatoms. The quantitative estimate of drug-likeness (QED) is 0.897. The summed E-state index contributed by atoms with van der Waals surface area (Å²) in [5.41, 5.74) is 2.60. The van der Waals surface area contributed by atoms with E-state index in [2.05, 4.69) is 42.3 Å². The summed E-state index contributed by atoms with van der Waals surface area (Å²) in [5.74, 6) is 1.86. The Morgan fingerprint density at radius 1 is 1.33 bits per heavy atom. The highest BCUT2D eigenvalue weighted by Crippen LogP contribution is 2.29. The average Bonchev–Trinajstić information content (AvgIpc) is 2.96. The predicted molar refractivity (Wildman–Crippen MR) is 88.2 cm³/mol. The second-order valence-electron chi connectivity index (χ2n) is 6.53. The van der Waals surface area contributed by atoms with Gasteiger partial charge in [-0.05, 0) is 75.5 Å². The Balaban J connectivity index is 1.53. The van der Waals surface area contributed by atoms with Gasteiger partial charge < -0.3 is 15.0 Å². The van der Waals surface area contributed by atoms with Gasteiger partial charge in [0.1, 0.15) is 5.75 Å². The van der Waals surface area contributed by atoms with Crippen molar-refractivity contribution < 1.29 is 4.74 Å². The molecule has 0 spiro atoms. The van der Waals surface area contributed by atoms with Gasteiger partial charge in [-0.2, -0.15) is 0 Å². The number of likely N-dealkylation sites (tertiary alicyclic amines) is 1. The first-order valence-corrected chi connectivity index (χ1v) is 8.51. The number of piperidine rings is 1. The van der Waals surface area contributed by atoms with Crippen molar-refractivity contribution in [2.75, 3.05) is 31.6 Å². The van der Waals surface area contributed by atoms with E-state index in [1.165, 1.54) is 50.1 Å². The molecule has 0 radical (unpaired) electrons. The lowest BCUT2D eigenvalue weighted by Gasteiger charge is -2.35. The van der Waals surface area contributed by atoms with E-state index >= 15 is 0 Å². The minimum Gasteiger partial charge on any atom is -0.493 e. The van der Waals surface area contributed by atoms with E-state index < -0.39 is 0 Å². The molecular formula is C18H28N2O. The maximum Gasteiger partial charge on any atom is 0.122 e. The first-order valence-electron chi connectivity index (χ1n) is 8.51. The predicted octanol–water partition coefficient (Wildman–Crippen LogP) is 3.54. The summed E-state index contributed by atoms with van der Waals surface area (Å²) in [4.78, 5) is 2.61. The van der Waals surface area contributed by atoms with E-state index in [0.29, 0.717) is 6.04 Å². The molecule has 0 bridgehead atoms. The van der Waals surface area contributed by atoms with Crippen molar-refractivity contribution in [3.8, 4) is 5.75 Å². The molecule has 2 heterocycles. The number of ether oxygens (including phenoxy) is 1. The lowest BCUT2D eigenvalue weighted by molar-refractivity contribution is 0.176. The van der Waals surface area contributed by atoms with Crippen molar-refractivity contribution in [2.45, 2.75) is 45.6 Å². The van der Waals surface area contributed by atoms with Crippen LogP contribution >= 0.6 is 0 Å². The fraction of sp³-hybridized carbons (Fsp3) is 0.667. The second kappa shape index (κ2) is 6.69. The number of rotatable bonds is 5.